The van der Waals surface area contributed by atoms with Crippen molar-refractivity contribution in [2.75, 3.05) is 47.3 Å². The van der Waals surface area contributed by atoms with E-state index < -0.39 is 12.1 Å². The minimum Gasteiger partial charge on any atom is -0.495 e. The maximum Gasteiger partial charge on any atom is 0.490 e. The van der Waals surface area contributed by atoms with Crippen LogP contribution in [0.5, 0.6) is 23.0 Å². The Hall–Kier alpha value is -3.58. The number of alkyl halides is 3. The Labute approximate surface area is 247 Å². The third kappa shape index (κ3) is 7.24. The molecule has 3 N–H and O–H groups in total. The van der Waals surface area contributed by atoms with Crippen molar-refractivity contribution in [1.82, 2.24) is 10.2 Å². The molecule has 1 aliphatic heterocycles. The summed E-state index contributed by atoms with van der Waals surface area (Å²) >= 11 is 6.25. The van der Waals surface area contributed by atoms with Gasteiger partial charge in [0.15, 0.2) is 11.5 Å². The molecule has 2 amide bonds. The number of amides is 2. The molecule has 0 aromatic heterocycles. The van der Waals surface area contributed by atoms with Crippen LogP contribution in [0.25, 0.3) is 0 Å². The zero-order valence-electron chi connectivity index (χ0n) is 23.9. The number of hydrogen-bond donors (Lipinski definition) is 3. The number of aliphatic carboxylic acids is 1. The third-order valence-corrected chi connectivity index (χ3v) is 8.08. The predicted octanol–water partition coefficient (Wildman–Crippen LogP) is 5.32. The van der Waals surface area contributed by atoms with Crippen molar-refractivity contribution in [3.05, 3.63) is 40.9 Å². The lowest BCUT2D eigenvalue weighted by molar-refractivity contribution is -0.192. The summed E-state index contributed by atoms with van der Waals surface area (Å²) in [5.74, 6) is -0.311. The first-order valence-electron chi connectivity index (χ1n) is 13.0. The lowest BCUT2D eigenvalue weighted by atomic mass is 9.65. The molecule has 10 nitrogen and oxygen atoms in total. The van der Waals surface area contributed by atoms with E-state index in [9.17, 15) is 18.0 Å². The van der Waals surface area contributed by atoms with Crippen LogP contribution >= 0.6 is 11.6 Å². The van der Waals surface area contributed by atoms with Crippen LogP contribution in [0.2, 0.25) is 5.02 Å². The SMILES string of the molecule is COc1cc(OC)c(NC(=O)N[C@@H]2CC[C@@]3(c4ccc(OC)c(OC)c4)CCN(C)[C@H]3C2)cc1Cl.O=C(O)C(F)(F)F. The molecule has 0 radical (unpaired) electrons. The van der Waals surface area contributed by atoms with Crippen molar-refractivity contribution in [1.29, 1.82) is 0 Å². The van der Waals surface area contributed by atoms with Gasteiger partial charge in [-0.15, -0.1) is 0 Å². The van der Waals surface area contributed by atoms with Gasteiger partial charge in [-0.05, 0) is 63.0 Å². The van der Waals surface area contributed by atoms with Gasteiger partial charge in [0.25, 0.3) is 0 Å². The van der Waals surface area contributed by atoms with E-state index in [-0.39, 0.29) is 17.5 Å². The van der Waals surface area contributed by atoms with Crippen LogP contribution in [0.3, 0.4) is 0 Å². The molecule has 4 rings (SSSR count). The highest BCUT2D eigenvalue weighted by atomic mass is 35.5. The van der Waals surface area contributed by atoms with Crippen molar-refractivity contribution in [2.45, 2.75) is 49.4 Å². The summed E-state index contributed by atoms with van der Waals surface area (Å²) in [6.45, 7) is 1.01. The Kier molecular flexibility index (Phi) is 10.7. The number of benzene rings is 2. The number of urea groups is 1. The minimum atomic E-state index is -5.08. The highest BCUT2D eigenvalue weighted by molar-refractivity contribution is 6.32. The molecule has 1 saturated carbocycles. The van der Waals surface area contributed by atoms with Crippen molar-refractivity contribution in [3.8, 4) is 23.0 Å². The predicted molar refractivity (Wildman–Crippen MR) is 150 cm³/mol. The van der Waals surface area contributed by atoms with Gasteiger partial charge in [0.2, 0.25) is 0 Å². The molecule has 1 heterocycles. The fourth-order valence-corrected chi connectivity index (χ4v) is 5.94. The molecule has 14 heteroatoms. The number of rotatable bonds is 7. The van der Waals surface area contributed by atoms with E-state index in [4.69, 9.17) is 40.4 Å². The molecule has 0 spiro atoms. The van der Waals surface area contributed by atoms with Crippen LogP contribution in [-0.4, -0.2) is 82.3 Å². The average molecular weight is 618 g/mol. The topological polar surface area (TPSA) is 119 Å². The molecule has 0 unspecified atom stereocenters. The maximum absolute atomic E-state index is 12.9. The van der Waals surface area contributed by atoms with Crippen molar-refractivity contribution in [2.24, 2.45) is 0 Å². The maximum atomic E-state index is 12.9. The second kappa shape index (κ2) is 13.6. The summed E-state index contributed by atoms with van der Waals surface area (Å²) in [6.07, 6.45) is -1.30. The van der Waals surface area contributed by atoms with Gasteiger partial charge in [-0.2, -0.15) is 13.2 Å². The first kappa shape index (κ1) is 32.9. The molecule has 42 heavy (non-hydrogen) atoms. The smallest absolute Gasteiger partial charge is 0.490 e. The molecule has 1 aliphatic carbocycles. The van der Waals surface area contributed by atoms with Gasteiger partial charge in [-0.1, -0.05) is 17.7 Å². The Bertz CT molecular complexity index is 1280. The molecule has 0 bridgehead atoms. The van der Waals surface area contributed by atoms with E-state index in [0.29, 0.717) is 28.3 Å². The van der Waals surface area contributed by atoms with Gasteiger partial charge in [0.1, 0.15) is 11.5 Å². The molecular weight excluding hydrogens is 583 g/mol. The Morgan fingerprint density at radius 3 is 2.17 bits per heavy atom. The first-order chi connectivity index (χ1) is 19.8. The van der Waals surface area contributed by atoms with Crippen LogP contribution in [0.1, 0.15) is 31.2 Å². The van der Waals surface area contributed by atoms with Gasteiger partial charge < -0.3 is 39.6 Å². The summed E-state index contributed by atoms with van der Waals surface area (Å²) in [5, 5.41) is 13.6. The van der Waals surface area contributed by atoms with Crippen LogP contribution in [0.15, 0.2) is 30.3 Å². The number of carboxylic acid groups (broad SMARTS) is 1. The number of likely N-dealkylation sites (tertiary alicyclic amines) is 1. The quantitative estimate of drug-likeness (QED) is 0.382. The summed E-state index contributed by atoms with van der Waals surface area (Å²) in [7, 11) is 8.56. The molecule has 1 saturated heterocycles. The number of hydrogen-bond acceptors (Lipinski definition) is 7. The number of anilines is 1. The fraction of sp³-hybridized carbons (Fsp3) is 0.500. The Morgan fingerprint density at radius 1 is 0.976 bits per heavy atom. The highest BCUT2D eigenvalue weighted by Crippen LogP contribution is 2.50. The molecule has 232 valence electrons. The van der Waals surface area contributed by atoms with Crippen LogP contribution in [-0.2, 0) is 10.2 Å². The van der Waals surface area contributed by atoms with Crippen molar-refractivity contribution >= 4 is 29.3 Å². The minimum absolute atomic E-state index is 0.0235. The van der Waals surface area contributed by atoms with E-state index >= 15 is 0 Å². The second-order valence-electron chi connectivity index (χ2n) is 10.0. The lowest BCUT2D eigenvalue weighted by Gasteiger charge is -2.45. The van der Waals surface area contributed by atoms with Gasteiger partial charge in [0.05, 0.1) is 39.1 Å². The van der Waals surface area contributed by atoms with Gasteiger partial charge >= 0.3 is 18.2 Å². The zero-order valence-corrected chi connectivity index (χ0v) is 24.7. The van der Waals surface area contributed by atoms with E-state index in [1.807, 2.05) is 6.07 Å². The summed E-state index contributed by atoms with van der Waals surface area (Å²) in [5.41, 5.74) is 1.78. The number of likely N-dealkylation sites (N-methyl/N-ethyl adjacent to an activating group) is 1. The number of halogens is 4. The fourth-order valence-electron chi connectivity index (χ4n) is 5.70. The number of nitrogens with zero attached hydrogens (tertiary/aromatic N) is 1. The summed E-state index contributed by atoms with van der Waals surface area (Å²) in [4.78, 5) is 24.2. The molecule has 2 aromatic rings. The Balaban J connectivity index is 0.000000616. The molecule has 2 aliphatic rings. The molecule has 3 atom stereocenters. The number of ether oxygens (including phenoxy) is 4. The van der Waals surface area contributed by atoms with Crippen LogP contribution < -0.4 is 29.6 Å². The molecule has 2 fully saturated rings. The number of fused-ring (bicyclic) bond motifs is 1. The summed E-state index contributed by atoms with van der Waals surface area (Å²) in [6, 6.07) is 9.63. The van der Waals surface area contributed by atoms with Gasteiger partial charge in [0, 0.05) is 23.6 Å². The monoisotopic (exact) mass is 617 g/mol. The van der Waals surface area contributed by atoms with Crippen LogP contribution in [0.4, 0.5) is 23.7 Å². The number of carbonyl (C=O) groups is 2. The highest BCUT2D eigenvalue weighted by Gasteiger charge is 2.50. The average Bonchev–Trinajstić information content (AvgIpc) is 3.29. The number of nitrogens with one attached hydrogen (secondary N) is 2. The molecular formula is C28H35ClF3N3O7. The first-order valence-corrected chi connectivity index (χ1v) is 13.4. The van der Waals surface area contributed by atoms with E-state index in [2.05, 4.69) is 34.7 Å². The standard InChI is InChI=1S/C26H34ClN3O5.C2HF3O2/c1-30-11-10-26(16-6-7-20(32-2)23(12-16)35-5)9-8-17(13-24(26)30)28-25(31)29-19-14-18(27)21(33-3)15-22(19)34-4;3-2(4,5)1(6)7/h6-7,12,14-15,17,24H,8-11,13H2,1-5H3,(H2,28,29,31);(H,6,7)/t17-,24+,26+;/m1./s1. The Morgan fingerprint density at radius 2 is 1.60 bits per heavy atom. The van der Waals surface area contributed by atoms with Gasteiger partial charge in [-0.25, -0.2) is 9.59 Å². The second-order valence-corrected chi connectivity index (χ2v) is 10.4. The van der Waals surface area contributed by atoms with E-state index in [1.54, 1.807) is 26.4 Å². The van der Waals surface area contributed by atoms with E-state index in [1.165, 1.54) is 19.8 Å². The number of methoxy groups -OCH3 is 4. The van der Waals surface area contributed by atoms with Crippen molar-refractivity contribution < 1.29 is 46.8 Å². The summed E-state index contributed by atoms with van der Waals surface area (Å²) < 4.78 is 53.4. The van der Waals surface area contributed by atoms with Gasteiger partial charge in [-0.3, -0.25) is 0 Å². The third-order valence-electron chi connectivity index (χ3n) is 7.79. The number of carbonyl (C=O) groups excluding carboxylic acids is 1. The molecule has 2 aromatic carbocycles. The largest absolute Gasteiger partial charge is 0.495 e. The normalized spacial score (nSPS) is 21.7. The number of carboxylic acids is 1. The van der Waals surface area contributed by atoms with Crippen LogP contribution in [0, 0.1) is 0 Å². The lowest BCUT2D eigenvalue weighted by Crippen LogP contribution is -2.52. The van der Waals surface area contributed by atoms with E-state index in [0.717, 1.165) is 43.7 Å². The van der Waals surface area contributed by atoms with Crippen molar-refractivity contribution in [3.63, 3.8) is 0 Å². The zero-order chi connectivity index (χ0) is 31.2.